The molecular weight excluding hydrogens is 282 g/mol. The smallest absolute Gasteiger partial charge is 0.269 e. The number of nitrogens with zero attached hydrogens (tertiary/aromatic N) is 2. The summed E-state index contributed by atoms with van der Waals surface area (Å²) in [5, 5.41) is 10.6. The lowest BCUT2D eigenvalue weighted by Crippen LogP contribution is -2.38. The molecule has 1 saturated carbocycles. The largest absolute Gasteiger partial charge is 0.342 e. The minimum absolute atomic E-state index is 0.0503. The number of nitro benzene ring substituents is 1. The summed E-state index contributed by atoms with van der Waals surface area (Å²) in [6, 6.07) is 6.43. The van der Waals surface area contributed by atoms with E-state index >= 15 is 0 Å². The summed E-state index contributed by atoms with van der Waals surface area (Å²) in [5.74, 6) is 1.08. The molecule has 3 unspecified atom stereocenters. The van der Waals surface area contributed by atoms with Gasteiger partial charge in [-0.1, -0.05) is 18.6 Å². The van der Waals surface area contributed by atoms with Crippen LogP contribution < -0.4 is 5.73 Å². The Morgan fingerprint density at radius 3 is 2.64 bits per heavy atom. The van der Waals surface area contributed by atoms with Gasteiger partial charge in [0.1, 0.15) is 0 Å². The normalized spacial score (nSPS) is 27.5. The van der Waals surface area contributed by atoms with Crippen LogP contribution in [-0.4, -0.2) is 34.9 Å². The maximum Gasteiger partial charge on any atom is 0.269 e. The number of likely N-dealkylation sites (tertiary alicyclic amines) is 1. The van der Waals surface area contributed by atoms with Crippen molar-refractivity contribution < 1.29 is 9.72 Å². The number of rotatable bonds is 3. The average molecular weight is 303 g/mol. The fraction of sp³-hybridized carbons (Fsp3) is 0.562. The molecular formula is C16H21N3O3. The Bertz CT molecular complexity index is 573. The third-order valence-electron chi connectivity index (χ3n) is 5.01. The molecule has 1 aliphatic carbocycles. The predicted molar refractivity (Wildman–Crippen MR) is 82.2 cm³/mol. The van der Waals surface area contributed by atoms with Gasteiger partial charge in [-0.3, -0.25) is 14.9 Å². The Balaban J connectivity index is 1.61. The van der Waals surface area contributed by atoms with Crippen LogP contribution in [0.5, 0.6) is 0 Å². The van der Waals surface area contributed by atoms with Crippen molar-refractivity contribution in [3.05, 3.63) is 39.9 Å². The summed E-state index contributed by atoms with van der Waals surface area (Å²) in [6.07, 6.45) is 3.69. The van der Waals surface area contributed by atoms with Crippen molar-refractivity contribution in [3.63, 3.8) is 0 Å². The van der Waals surface area contributed by atoms with Gasteiger partial charge in [0.2, 0.25) is 5.91 Å². The third kappa shape index (κ3) is 2.97. The van der Waals surface area contributed by atoms with Gasteiger partial charge in [-0.05, 0) is 30.2 Å². The third-order valence-corrected chi connectivity index (χ3v) is 5.01. The first kappa shape index (κ1) is 15.0. The maximum atomic E-state index is 12.4. The zero-order valence-electron chi connectivity index (χ0n) is 12.5. The van der Waals surface area contributed by atoms with E-state index in [1.165, 1.54) is 18.6 Å². The summed E-state index contributed by atoms with van der Waals surface area (Å²) in [5.41, 5.74) is 7.04. The summed E-state index contributed by atoms with van der Waals surface area (Å²) < 4.78 is 0. The van der Waals surface area contributed by atoms with Crippen molar-refractivity contribution in [2.24, 2.45) is 17.6 Å². The molecule has 118 valence electrons. The lowest BCUT2D eigenvalue weighted by molar-refractivity contribution is -0.384. The van der Waals surface area contributed by atoms with Gasteiger partial charge in [-0.2, -0.15) is 0 Å². The molecule has 3 rings (SSSR count). The average Bonchev–Trinajstić information content (AvgIpc) is 2.93. The number of hydrogen-bond donors (Lipinski definition) is 1. The van der Waals surface area contributed by atoms with E-state index in [1.54, 1.807) is 12.1 Å². The second kappa shape index (κ2) is 6.04. The molecule has 1 aromatic carbocycles. The van der Waals surface area contributed by atoms with Gasteiger partial charge in [0.15, 0.2) is 0 Å². The standard InChI is InChI=1S/C16H21N3O3/c17-15-3-1-2-12-9-18(10-14(12)15)16(20)8-11-4-6-13(7-5-11)19(21)22/h4-7,12,14-15H,1-3,8-10,17H2. The maximum absolute atomic E-state index is 12.4. The number of amides is 1. The van der Waals surface area contributed by atoms with E-state index in [-0.39, 0.29) is 17.6 Å². The minimum atomic E-state index is -0.432. The van der Waals surface area contributed by atoms with Gasteiger partial charge >= 0.3 is 0 Å². The van der Waals surface area contributed by atoms with Gasteiger partial charge in [0.25, 0.3) is 5.69 Å². The second-order valence-electron chi connectivity index (χ2n) is 6.42. The van der Waals surface area contributed by atoms with Crippen LogP contribution in [0, 0.1) is 22.0 Å². The highest BCUT2D eigenvalue weighted by Crippen LogP contribution is 2.35. The molecule has 1 aliphatic heterocycles. The number of carbonyl (C=O) groups is 1. The van der Waals surface area contributed by atoms with Crippen molar-refractivity contribution in [1.29, 1.82) is 0 Å². The number of benzene rings is 1. The van der Waals surface area contributed by atoms with Crippen molar-refractivity contribution in [3.8, 4) is 0 Å². The van der Waals surface area contributed by atoms with Crippen molar-refractivity contribution >= 4 is 11.6 Å². The molecule has 1 saturated heterocycles. The van der Waals surface area contributed by atoms with Crippen molar-refractivity contribution in [2.75, 3.05) is 13.1 Å². The van der Waals surface area contributed by atoms with Crippen LogP contribution in [0.4, 0.5) is 5.69 Å². The molecule has 2 fully saturated rings. The van der Waals surface area contributed by atoms with Crippen molar-refractivity contribution in [2.45, 2.75) is 31.7 Å². The first-order valence-electron chi connectivity index (χ1n) is 7.81. The minimum Gasteiger partial charge on any atom is -0.342 e. The molecule has 0 radical (unpaired) electrons. The molecule has 2 N–H and O–H groups in total. The van der Waals surface area contributed by atoms with E-state index < -0.39 is 4.92 Å². The highest BCUT2D eigenvalue weighted by molar-refractivity contribution is 5.79. The summed E-state index contributed by atoms with van der Waals surface area (Å²) >= 11 is 0. The Morgan fingerprint density at radius 2 is 2.00 bits per heavy atom. The van der Waals surface area contributed by atoms with Gasteiger partial charge in [-0.25, -0.2) is 0 Å². The number of nitrogens with two attached hydrogens (primary N) is 1. The monoisotopic (exact) mass is 303 g/mol. The summed E-state index contributed by atoms with van der Waals surface area (Å²) in [4.78, 5) is 24.6. The molecule has 2 aliphatic rings. The van der Waals surface area contributed by atoms with Crippen LogP contribution in [0.3, 0.4) is 0 Å². The fourth-order valence-electron chi connectivity index (χ4n) is 3.74. The van der Waals surface area contributed by atoms with E-state index in [9.17, 15) is 14.9 Å². The van der Waals surface area contributed by atoms with Crippen LogP contribution in [0.15, 0.2) is 24.3 Å². The molecule has 0 aromatic heterocycles. The first-order valence-corrected chi connectivity index (χ1v) is 7.81. The van der Waals surface area contributed by atoms with E-state index in [1.807, 2.05) is 4.90 Å². The lowest BCUT2D eigenvalue weighted by Gasteiger charge is -2.29. The Kier molecular flexibility index (Phi) is 4.11. The van der Waals surface area contributed by atoms with Crippen LogP contribution in [-0.2, 0) is 11.2 Å². The fourth-order valence-corrected chi connectivity index (χ4v) is 3.74. The number of carbonyl (C=O) groups excluding carboxylic acids is 1. The van der Waals surface area contributed by atoms with E-state index in [0.29, 0.717) is 18.3 Å². The number of non-ortho nitro benzene ring substituents is 1. The molecule has 3 atom stereocenters. The zero-order valence-corrected chi connectivity index (χ0v) is 12.5. The molecule has 6 nitrogen and oxygen atoms in total. The molecule has 1 amide bonds. The molecule has 0 bridgehead atoms. The first-order chi connectivity index (χ1) is 10.5. The second-order valence-corrected chi connectivity index (χ2v) is 6.42. The van der Waals surface area contributed by atoms with E-state index in [2.05, 4.69) is 0 Å². The Labute approximate surface area is 129 Å². The van der Waals surface area contributed by atoms with Crippen LogP contribution in [0.1, 0.15) is 24.8 Å². The van der Waals surface area contributed by atoms with Gasteiger partial charge < -0.3 is 10.6 Å². The topological polar surface area (TPSA) is 89.5 Å². The van der Waals surface area contributed by atoms with Crippen LogP contribution >= 0.6 is 0 Å². The molecule has 1 aromatic rings. The SMILES string of the molecule is NC1CCCC2CN(C(=O)Cc3ccc([N+](=O)[O-])cc3)CC12. The van der Waals surface area contributed by atoms with Gasteiger partial charge in [0.05, 0.1) is 11.3 Å². The molecule has 0 spiro atoms. The highest BCUT2D eigenvalue weighted by atomic mass is 16.6. The van der Waals surface area contributed by atoms with Crippen LogP contribution in [0.25, 0.3) is 0 Å². The van der Waals surface area contributed by atoms with E-state index in [0.717, 1.165) is 31.5 Å². The Hall–Kier alpha value is -1.95. The van der Waals surface area contributed by atoms with E-state index in [4.69, 9.17) is 5.73 Å². The van der Waals surface area contributed by atoms with Crippen LogP contribution in [0.2, 0.25) is 0 Å². The summed E-state index contributed by atoms with van der Waals surface area (Å²) in [6.45, 7) is 1.57. The Morgan fingerprint density at radius 1 is 1.27 bits per heavy atom. The quantitative estimate of drug-likeness (QED) is 0.680. The summed E-state index contributed by atoms with van der Waals surface area (Å²) in [7, 11) is 0. The lowest BCUT2D eigenvalue weighted by atomic mass is 9.78. The highest BCUT2D eigenvalue weighted by Gasteiger charge is 2.40. The number of nitro groups is 1. The van der Waals surface area contributed by atoms with Crippen molar-refractivity contribution in [1.82, 2.24) is 4.90 Å². The molecule has 6 heteroatoms. The number of hydrogen-bond acceptors (Lipinski definition) is 4. The predicted octanol–water partition coefficient (Wildman–Crippen LogP) is 1.72. The zero-order chi connectivity index (χ0) is 15.7. The molecule has 22 heavy (non-hydrogen) atoms. The van der Waals surface area contributed by atoms with Gasteiger partial charge in [0, 0.05) is 31.3 Å². The molecule has 1 heterocycles. The number of fused-ring (bicyclic) bond motifs is 1. The van der Waals surface area contributed by atoms with Gasteiger partial charge in [-0.15, -0.1) is 0 Å².